The van der Waals surface area contributed by atoms with E-state index in [1.807, 2.05) is 0 Å². The number of carbonyl (C=O) groups is 5. The smallest absolute Gasteiger partial charge is 0.246 e. The van der Waals surface area contributed by atoms with Gasteiger partial charge in [0.05, 0.1) is 6.16 Å². The maximum absolute atomic E-state index is 12.3. The summed E-state index contributed by atoms with van der Waals surface area (Å²) >= 11 is 0. The van der Waals surface area contributed by atoms with Crippen LogP contribution in [-0.4, -0.2) is 112 Å². The Balaban J connectivity index is 0.0000163. The molecule has 0 heterocycles. The zero-order valence-corrected chi connectivity index (χ0v) is 42.9. The third-order valence-electron chi connectivity index (χ3n) is 12.2. The van der Waals surface area contributed by atoms with Gasteiger partial charge in [-0.25, -0.2) is 15.2 Å². The van der Waals surface area contributed by atoms with E-state index in [0.29, 0.717) is 68.2 Å². The minimum Gasteiger partial charge on any atom is -1.00 e. The largest absolute Gasteiger partial charge is 1.00 e. The lowest BCUT2D eigenvalue weighted by Crippen LogP contribution is -3.00. The summed E-state index contributed by atoms with van der Waals surface area (Å²) in [6.45, 7) is 4.59. The maximum Gasteiger partial charge on any atom is 0.246 e. The number of benzene rings is 3. The second kappa shape index (κ2) is 37.4. The molecule has 0 bridgehead atoms. The van der Waals surface area contributed by atoms with E-state index < -0.39 is 25.0 Å². The fraction of sp³-hybridized carbons (Fsp3) is 0.566. The second-order valence-electron chi connectivity index (χ2n) is 17.7. The molecule has 0 aliphatic carbocycles. The summed E-state index contributed by atoms with van der Waals surface area (Å²) in [4.78, 5) is 59.7. The lowest BCUT2D eigenvalue weighted by molar-refractivity contribution is -0.166. The molecule has 0 radical (unpaired) electrons. The molecule has 0 aliphatic heterocycles. The number of amides is 5. The topological polar surface area (TPSA) is 192 Å². The number of hydrogen-bond donors (Lipinski definition) is 6. The predicted octanol–water partition coefficient (Wildman–Crippen LogP) is 4.67. The van der Waals surface area contributed by atoms with Crippen LogP contribution >= 0.6 is 7.26 Å². The van der Waals surface area contributed by atoms with Crippen molar-refractivity contribution in [2.45, 2.75) is 142 Å². The molecule has 0 aromatic heterocycles. The number of halogens is 1. The van der Waals surface area contributed by atoms with Gasteiger partial charge < -0.3 is 28.4 Å². The van der Waals surface area contributed by atoms with Crippen LogP contribution in [0, 0.1) is 0 Å². The van der Waals surface area contributed by atoms with Gasteiger partial charge >= 0.3 is 0 Å². The highest BCUT2D eigenvalue weighted by atomic mass is 35.5. The van der Waals surface area contributed by atoms with Crippen molar-refractivity contribution in [1.29, 1.82) is 0 Å². The number of rotatable bonds is 38. The first-order valence-corrected chi connectivity index (χ1v) is 27.3. The Labute approximate surface area is 419 Å². The van der Waals surface area contributed by atoms with Crippen molar-refractivity contribution < 1.29 is 52.0 Å². The summed E-state index contributed by atoms with van der Waals surface area (Å²) in [5, 5.41) is 44.9. The first kappa shape index (κ1) is 60.7. The number of nitrogens with zero attached hydrogens (tertiary/aromatic N) is 3. The molecule has 69 heavy (non-hydrogen) atoms. The quantitative estimate of drug-likeness (QED) is 0.0205. The van der Waals surface area contributed by atoms with Crippen LogP contribution in [-0.2, 0) is 24.0 Å². The van der Waals surface area contributed by atoms with Crippen molar-refractivity contribution in [3.8, 4) is 0 Å². The van der Waals surface area contributed by atoms with Gasteiger partial charge in [-0.15, -0.1) is 0 Å². The number of carbonyl (C=O) groups excluding carboxylic acids is 5. The Hall–Kier alpha value is -4.43. The predicted molar refractivity (Wildman–Crippen MR) is 272 cm³/mol. The molecule has 6 N–H and O–H groups in total. The molecule has 384 valence electrons. The summed E-state index contributed by atoms with van der Waals surface area (Å²) in [5.74, 6) is -2.01. The fourth-order valence-electron chi connectivity index (χ4n) is 8.22. The molecule has 0 unspecified atom stereocenters. The molecule has 14 nitrogen and oxygen atoms in total. The molecule has 0 saturated carbocycles. The van der Waals surface area contributed by atoms with Gasteiger partial charge in [-0.3, -0.25) is 39.6 Å². The molecular formula is C53H82ClN6O8P. The summed E-state index contributed by atoms with van der Waals surface area (Å²) < 4.78 is 0. The highest BCUT2D eigenvalue weighted by molar-refractivity contribution is 7.95. The Morgan fingerprint density at radius 3 is 1.12 bits per heavy atom. The van der Waals surface area contributed by atoms with E-state index >= 15 is 0 Å². The lowest BCUT2D eigenvalue weighted by atomic mass is 10.1. The molecule has 0 atom stereocenters. The zero-order valence-electron chi connectivity index (χ0n) is 41.2. The van der Waals surface area contributed by atoms with E-state index in [-0.39, 0.29) is 69.5 Å². The summed E-state index contributed by atoms with van der Waals surface area (Å²) in [5.41, 5.74) is 0. The van der Waals surface area contributed by atoms with Gasteiger partial charge in [0.15, 0.2) is 0 Å². The van der Waals surface area contributed by atoms with Crippen LogP contribution in [0.4, 0.5) is 0 Å². The second-order valence-corrected chi connectivity index (χ2v) is 21.3. The van der Waals surface area contributed by atoms with Gasteiger partial charge in [0.1, 0.15) is 23.2 Å². The summed E-state index contributed by atoms with van der Waals surface area (Å²) in [6.07, 6.45) is 17.3. The van der Waals surface area contributed by atoms with Crippen LogP contribution in [0.25, 0.3) is 0 Å². The molecule has 0 aliphatic rings. The van der Waals surface area contributed by atoms with Crippen LogP contribution in [0.5, 0.6) is 0 Å². The average molecular weight is 998 g/mol. The van der Waals surface area contributed by atoms with Crippen molar-refractivity contribution in [2.24, 2.45) is 0 Å². The monoisotopic (exact) mass is 997 g/mol. The Morgan fingerprint density at radius 2 is 0.739 bits per heavy atom. The third kappa shape index (κ3) is 25.3. The van der Waals surface area contributed by atoms with Gasteiger partial charge in [0.2, 0.25) is 29.5 Å². The van der Waals surface area contributed by atoms with Crippen molar-refractivity contribution in [1.82, 2.24) is 31.1 Å². The van der Waals surface area contributed by atoms with Crippen LogP contribution in [0.3, 0.4) is 0 Å². The van der Waals surface area contributed by atoms with Gasteiger partial charge in [-0.05, 0) is 120 Å². The molecule has 16 heteroatoms. The number of nitrogens with one attached hydrogen (secondary N) is 3. The first-order chi connectivity index (χ1) is 33.0. The van der Waals surface area contributed by atoms with E-state index in [0.717, 1.165) is 31.0 Å². The fourth-order valence-corrected chi connectivity index (χ4v) is 12.6. The van der Waals surface area contributed by atoms with Gasteiger partial charge in [-0.1, -0.05) is 93.1 Å². The minimum atomic E-state index is -1.74. The normalized spacial score (nSPS) is 11.1. The van der Waals surface area contributed by atoms with E-state index in [2.05, 4.69) is 107 Å². The standard InChI is InChI=1S/C53H81N6O8P.ClH/c1-46(60)57(65)42-24-12-22-40-55-50(61)35-37-53(64)59(67)44-26-13-23-41-56-51(62)34-36-52(63)58(66)43-25-11-21-39-54-38-20-6-4-2-3-5-7-27-45-68(47-28-14-8-15-29-47,48-30-16-9-17-31-48)49-32-18-10-19-33-49;/h8-10,14-19,28-33,54,65-67H,2-7,11-13,20-27,34-45H2,1H3,(H-,55,56,61,62);1H. The highest BCUT2D eigenvalue weighted by Gasteiger charge is 2.44. The zero-order chi connectivity index (χ0) is 49.1. The van der Waals surface area contributed by atoms with Gasteiger partial charge in [-0.2, -0.15) is 0 Å². The molecule has 0 spiro atoms. The van der Waals surface area contributed by atoms with Crippen LogP contribution in [0.1, 0.15) is 142 Å². The van der Waals surface area contributed by atoms with Gasteiger partial charge in [0.25, 0.3) is 0 Å². The average Bonchev–Trinajstić information content (AvgIpc) is 3.36. The molecule has 0 fully saturated rings. The molecule has 0 saturated heterocycles. The van der Waals surface area contributed by atoms with Crippen LogP contribution in [0.2, 0.25) is 0 Å². The van der Waals surface area contributed by atoms with Gasteiger partial charge in [0, 0.05) is 65.3 Å². The molecule has 5 amide bonds. The number of hydrogen-bond acceptors (Lipinski definition) is 9. The van der Waals surface area contributed by atoms with E-state index in [4.69, 9.17) is 0 Å². The van der Waals surface area contributed by atoms with Crippen LogP contribution in [0.15, 0.2) is 91.0 Å². The number of unbranched alkanes of at least 4 members (excludes halogenated alkanes) is 13. The van der Waals surface area contributed by atoms with E-state index in [9.17, 15) is 39.6 Å². The maximum atomic E-state index is 12.3. The van der Waals surface area contributed by atoms with Crippen LogP contribution < -0.4 is 44.3 Å². The van der Waals surface area contributed by atoms with Crippen molar-refractivity contribution in [3.05, 3.63) is 91.0 Å². The summed E-state index contributed by atoms with van der Waals surface area (Å²) in [6, 6.07) is 33.5. The summed E-state index contributed by atoms with van der Waals surface area (Å²) in [7, 11) is -1.74. The Morgan fingerprint density at radius 1 is 0.420 bits per heavy atom. The third-order valence-corrected chi connectivity index (χ3v) is 16.7. The molecular weight excluding hydrogens is 915 g/mol. The molecule has 3 rings (SSSR count). The Kier molecular flexibility index (Phi) is 32.9. The highest BCUT2D eigenvalue weighted by Crippen LogP contribution is 2.56. The van der Waals surface area contributed by atoms with Crippen molar-refractivity contribution in [3.63, 3.8) is 0 Å². The SMILES string of the molecule is CC(=O)N(O)CCCCCNC(=O)CCC(=O)N(O)CCCCCNC(=O)CCC(=O)N(O)CCCCCNCCCCCCCCCC[P+](c1ccccc1)(c1ccccc1)c1ccccc1.[Cl-]. The number of hydroxylamine groups is 6. The first-order valence-electron chi connectivity index (χ1n) is 25.3. The minimum absolute atomic E-state index is 0. The lowest BCUT2D eigenvalue weighted by Gasteiger charge is -2.27. The van der Waals surface area contributed by atoms with E-state index in [1.54, 1.807) is 0 Å². The Bertz CT molecular complexity index is 1750. The molecule has 3 aromatic carbocycles. The van der Waals surface area contributed by atoms with E-state index in [1.165, 1.54) is 80.4 Å². The molecule has 3 aromatic rings. The van der Waals surface area contributed by atoms with Crippen molar-refractivity contribution >= 4 is 52.7 Å². The van der Waals surface area contributed by atoms with Crippen molar-refractivity contribution in [2.75, 3.05) is 52.0 Å².